The third-order valence-electron chi connectivity index (χ3n) is 7.22. The summed E-state index contributed by atoms with van der Waals surface area (Å²) >= 11 is 0. The van der Waals surface area contributed by atoms with Crippen LogP contribution in [0.5, 0.6) is 0 Å². The topological polar surface area (TPSA) is 38.9 Å². The van der Waals surface area contributed by atoms with Crippen LogP contribution in [-0.2, 0) is 0 Å². The van der Waals surface area contributed by atoms with E-state index in [1.54, 1.807) is 0 Å². The van der Waals surface area contributed by atoms with Crippen LogP contribution in [0.25, 0.3) is 77.0 Å². The largest absolute Gasteiger partial charge is 0.456 e. The molecule has 6 aromatic carbocycles. The molecule has 8 aromatic rings. The number of furan rings is 1. The van der Waals surface area contributed by atoms with Crippen molar-refractivity contribution in [3.05, 3.63) is 121 Å². The Morgan fingerprint density at radius 3 is 2.11 bits per heavy atom. The fourth-order valence-electron chi connectivity index (χ4n) is 5.40. The number of para-hydroxylation sites is 1. The van der Waals surface area contributed by atoms with Gasteiger partial charge in [-0.2, -0.15) is 0 Å². The summed E-state index contributed by atoms with van der Waals surface area (Å²) in [6.45, 7) is 0. The Morgan fingerprint density at radius 1 is 0.432 bits per heavy atom. The van der Waals surface area contributed by atoms with E-state index in [-0.39, 0.29) is 0 Å². The second-order valence-electron chi connectivity index (χ2n) is 9.45. The first-order valence-corrected chi connectivity index (χ1v) is 12.4. The molecule has 0 aliphatic carbocycles. The van der Waals surface area contributed by atoms with Gasteiger partial charge < -0.3 is 4.42 Å². The highest BCUT2D eigenvalue weighted by atomic mass is 16.3. The highest BCUT2D eigenvalue weighted by Gasteiger charge is 2.16. The maximum absolute atomic E-state index is 6.12. The van der Waals surface area contributed by atoms with Crippen molar-refractivity contribution in [2.45, 2.75) is 0 Å². The first kappa shape index (κ1) is 20.2. The van der Waals surface area contributed by atoms with E-state index in [9.17, 15) is 0 Å². The summed E-state index contributed by atoms with van der Waals surface area (Å²) in [5.74, 6) is 0. The van der Waals surface area contributed by atoms with E-state index in [4.69, 9.17) is 14.4 Å². The molecule has 3 nitrogen and oxygen atoms in total. The lowest BCUT2D eigenvalue weighted by atomic mass is 9.99. The summed E-state index contributed by atoms with van der Waals surface area (Å²) in [7, 11) is 0. The van der Waals surface area contributed by atoms with Crippen LogP contribution in [0.2, 0.25) is 0 Å². The lowest BCUT2D eigenvalue weighted by Crippen LogP contribution is -1.96. The number of aromatic nitrogens is 2. The van der Waals surface area contributed by atoms with E-state index in [0.29, 0.717) is 0 Å². The van der Waals surface area contributed by atoms with Gasteiger partial charge in [0.05, 0.1) is 22.4 Å². The molecule has 8 rings (SSSR count). The molecule has 0 aliphatic rings. The predicted molar refractivity (Wildman–Crippen MR) is 153 cm³/mol. The predicted octanol–water partition coefficient (Wildman–Crippen LogP) is 9.17. The van der Waals surface area contributed by atoms with E-state index >= 15 is 0 Å². The maximum atomic E-state index is 6.12. The molecule has 0 spiro atoms. The second kappa shape index (κ2) is 7.74. The van der Waals surface area contributed by atoms with Gasteiger partial charge >= 0.3 is 0 Å². The zero-order chi connectivity index (χ0) is 24.3. The molecular weight excluding hydrogens is 452 g/mol. The van der Waals surface area contributed by atoms with Crippen LogP contribution in [0.1, 0.15) is 0 Å². The van der Waals surface area contributed by atoms with Crippen molar-refractivity contribution in [3.8, 4) is 22.5 Å². The van der Waals surface area contributed by atoms with Crippen LogP contribution in [0, 0.1) is 0 Å². The van der Waals surface area contributed by atoms with Crippen LogP contribution in [0.4, 0.5) is 0 Å². The highest BCUT2D eigenvalue weighted by molar-refractivity contribution is 6.11. The average molecular weight is 473 g/mol. The smallest absolute Gasteiger partial charge is 0.136 e. The van der Waals surface area contributed by atoms with Crippen LogP contribution >= 0.6 is 0 Å². The number of nitrogens with zero attached hydrogens (tertiary/aromatic N) is 2. The first-order chi connectivity index (χ1) is 18.3. The van der Waals surface area contributed by atoms with E-state index in [0.717, 1.165) is 77.0 Å². The lowest BCUT2D eigenvalue weighted by Gasteiger charge is -2.13. The highest BCUT2D eigenvalue weighted by Crippen LogP contribution is 2.37. The molecule has 2 aromatic heterocycles. The van der Waals surface area contributed by atoms with Gasteiger partial charge in [-0.05, 0) is 46.5 Å². The van der Waals surface area contributed by atoms with Crippen molar-refractivity contribution in [1.82, 2.24) is 9.97 Å². The monoisotopic (exact) mass is 472 g/mol. The Hall–Kier alpha value is -5.02. The quantitative estimate of drug-likeness (QED) is 0.235. The molecule has 0 fully saturated rings. The SMILES string of the molecule is c1ccc(-c2nc3ccc4ccccc4c3nc2-c2ccc3cc4oc5ccccc5c4cc3c2)cc1. The molecule has 0 saturated carbocycles. The van der Waals surface area contributed by atoms with Gasteiger partial charge in [-0.15, -0.1) is 0 Å². The van der Waals surface area contributed by atoms with Crippen molar-refractivity contribution >= 4 is 54.5 Å². The zero-order valence-corrected chi connectivity index (χ0v) is 19.8. The third-order valence-corrected chi connectivity index (χ3v) is 7.22. The summed E-state index contributed by atoms with van der Waals surface area (Å²) in [5.41, 5.74) is 7.50. The van der Waals surface area contributed by atoms with Gasteiger partial charge in [-0.25, -0.2) is 9.97 Å². The Labute approximate surface area is 212 Å². The normalized spacial score (nSPS) is 11.8. The molecule has 0 atom stereocenters. The van der Waals surface area contributed by atoms with Crippen molar-refractivity contribution < 1.29 is 4.42 Å². The van der Waals surface area contributed by atoms with E-state index in [2.05, 4.69) is 91.0 Å². The second-order valence-corrected chi connectivity index (χ2v) is 9.45. The molecule has 0 unspecified atom stereocenters. The van der Waals surface area contributed by atoms with Crippen LogP contribution in [-0.4, -0.2) is 9.97 Å². The van der Waals surface area contributed by atoms with Crippen molar-refractivity contribution in [2.24, 2.45) is 0 Å². The molecule has 0 saturated heterocycles. The number of fused-ring (bicyclic) bond motifs is 7. The minimum atomic E-state index is 0.883. The summed E-state index contributed by atoms with van der Waals surface area (Å²) in [6, 6.07) is 42.0. The number of hydrogen-bond donors (Lipinski definition) is 0. The number of benzene rings is 6. The van der Waals surface area contributed by atoms with Crippen molar-refractivity contribution in [1.29, 1.82) is 0 Å². The van der Waals surface area contributed by atoms with Gasteiger partial charge in [0.2, 0.25) is 0 Å². The molecular formula is C34H20N2O. The molecule has 37 heavy (non-hydrogen) atoms. The molecule has 2 heterocycles. The van der Waals surface area contributed by atoms with E-state index < -0.39 is 0 Å². The molecule has 0 N–H and O–H groups in total. The van der Waals surface area contributed by atoms with E-state index in [1.165, 1.54) is 0 Å². The molecule has 0 bridgehead atoms. The molecule has 0 radical (unpaired) electrons. The minimum absolute atomic E-state index is 0.883. The molecule has 172 valence electrons. The fourth-order valence-corrected chi connectivity index (χ4v) is 5.40. The third kappa shape index (κ3) is 3.14. The molecule has 0 amide bonds. The number of hydrogen-bond acceptors (Lipinski definition) is 3. The summed E-state index contributed by atoms with van der Waals surface area (Å²) < 4.78 is 6.12. The number of rotatable bonds is 2. The maximum Gasteiger partial charge on any atom is 0.136 e. The lowest BCUT2D eigenvalue weighted by molar-refractivity contribution is 0.669. The Bertz CT molecular complexity index is 2140. The van der Waals surface area contributed by atoms with Gasteiger partial charge in [0.1, 0.15) is 11.2 Å². The Morgan fingerprint density at radius 2 is 1.19 bits per heavy atom. The molecule has 3 heteroatoms. The Balaban J connectivity index is 1.43. The fraction of sp³-hybridized carbons (Fsp3) is 0. The summed E-state index contributed by atoms with van der Waals surface area (Å²) in [6.07, 6.45) is 0. The standard InChI is InChI=1S/C34H20N2O/c1-2-9-22(10-3-1)32-33(36-34-26-11-5-4-8-21(26)16-17-29(34)35-32)24-15-14-23-20-31-28(19-25(23)18-24)27-12-6-7-13-30(27)37-31/h1-20H. The van der Waals surface area contributed by atoms with Crippen molar-refractivity contribution in [3.63, 3.8) is 0 Å². The van der Waals surface area contributed by atoms with E-state index in [1.807, 2.05) is 30.3 Å². The van der Waals surface area contributed by atoms with Crippen LogP contribution in [0.3, 0.4) is 0 Å². The summed E-state index contributed by atoms with van der Waals surface area (Å²) in [4.78, 5) is 10.4. The Kier molecular flexibility index (Phi) is 4.23. The van der Waals surface area contributed by atoms with Crippen LogP contribution < -0.4 is 0 Å². The van der Waals surface area contributed by atoms with Crippen molar-refractivity contribution in [2.75, 3.05) is 0 Å². The summed E-state index contributed by atoms with van der Waals surface area (Å²) in [5, 5.41) is 6.81. The van der Waals surface area contributed by atoms with Gasteiger partial charge in [0, 0.05) is 27.3 Å². The van der Waals surface area contributed by atoms with Gasteiger partial charge in [0.15, 0.2) is 0 Å². The average Bonchev–Trinajstić information content (AvgIpc) is 3.32. The molecule has 0 aliphatic heterocycles. The van der Waals surface area contributed by atoms with Gasteiger partial charge in [-0.1, -0.05) is 91.0 Å². The minimum Gasteiger partial charge on any atom is -0.456 e. The van der Waals surface area contributed by atoms with Gasteiger partial charge in [-0.3, -0.25) is 0 Å². The van der Waals surface area contributed by atoms with Gasteiger partial charge in [0.25, 0.3) is 0 Å². The zero-order valence-electron chi connectivity index (χ0n) is 19.8. The first-order valence-electron chi connectivity index (χ1n) is 12.4. The van der Waals surface area contributed by atoms with Crippen LogP contribution in [0.15, 0.2) is 126 Å².